The Morgan fingerprint density at radius 1 is 1.23 bits per heavy atom. The number of halogens is 1. The van der Waals surface area contributed by atoms with Crippen LogP contribution in [0.1, 0.15) is 45.8 Å². The van der Waals surface area contributed by atoms with Gasteiger partial charge in [0.25, 0.3) is 0 Å². The second-order valence-electron chi connectivity index (χ2n) is 8.42. The summed E-state index contributed by atoms with van der Waals surface area (Å²) in [6, 6.07) is 0.263. The Balaban J connectivity index is 1.54. The first-order valence-electron chi connectivity index (χ1n) is 10.2. The van der Waals surface area contributed by atoms with Crippen LogP contribution < -0.4 is 10.5 Å². The Kier molecular flexibility index (Phi) is 5.08. The highest BCUT2D eigenvalue weighted by atomic mass is 127. The molecule has 4 atom stereocenters. The van der Waals surface area contributed by atoms with Gasteiger partial charge < -0.3 is 29.4 Å². The third kappa shape index (κ3) is 3.25. The fourth-order valence-corrected chi connectivity index (χ4v) is 5.45. The summed E-state index contributed by atoms with van der Waals surface area (Å²) in [6.07, 6.45) is 4.73. The highest BCUT2D eigenvalue weighted by Gasteiger charge is 2.64. The first-order chi connectivity index (χ1) is 14.4. The minimum Gasteiger partial charge on any atom is -0.460 e. The molecule has 1 saturated carbocycles. The van der Waals surface area contributed by atoms with Gasteiger partial charge in [0.15, 0.2) is 29.0 Å². The number of imidazole rings is 1. The summed E-state index contributed by atoms with van der Waals surface area (Å²) in [6.45, 7) is 3.77. The predicted octanol–water partition coefficient (Wildman–Crippen LogP) is 2.56. The Labute approximate surface area is 187 Å². The van der Waals surface area contributed by atoms with Crippen LogP contribution >= 0.6 is 22.6 Å². The van der Waals surface area contributed by atoms with E-state index in [0.29, 0.717) is 15.6 Å². The third-order valence-corrected chi connectivity index (χ3v) is 7.04. The number of nitrogens with two attached hydrogens (primary N) is 1. The molecule has 2 saturated heterocycles. The zero-order valence-corrected chi connectivity index (χ0v) is 19.4. The van der Waals surface area contributed by atoms with Gasteiger partial charge in [0.2, 0.25) is 5.79 Å². The standard InChI is InChI=1S/C19H26IN5O5/c1-18(2)28-12-13(29-18)19(8-20,26-3)30-16(12)25-9-22-11-14(21)23-17(24-15(11)25)27-10-6-4-5-7-10/h9-10,12-13,16H,4-8H2,1-3H3,(H2,21,23,24)/t12-,13-,16+,19+/m0/s1. The van der Waals surface area contributed by atoms with Crippen molar-refractivity contribution in [1.82, 2.24) is 19.5 Å². The smallest absolute Gasteiger partial charge is 0.320 e. The van der Waals surface area contributed by atoms with Crippen molar-refractivity contribution >= 4 is 39.6 Å². The van der Waals surface area contributed by atoms with Crippen molar-refractivity contribution in [1.29, 1.82) is 0 Å². The van der Waals surface area contributed by atoms with Gasteiger partial charge in [0, 0.05) is 7.11 Å². The molecule has 3 fully saturated rings. The molecule has 11 heteroatoms. The van der Waals surface area contributed by atoms with Crippen LogP contribution in [0.2, 0.25) is 0 Å². The second kappa shape index (κ2) is 7.40. The van der Waals surface area contributed by atoms with Gasteiger partial charge >= 0.3 is 6.01 Å². The summed E-state index contributed by atoms with van der Waals surface area (Å²) in [4.78, 5) is 13.3. The minimum atomic E-state index is -0.942. The molecule has 10 nitrogen and oxygen atoms in total. The number of nitrogens with zero attached hydrogens (tertiary/aromatic N) is 4. The number of anilines is 1. The van der Waals surface area contributed by atoms with Crippen molar-refractivity contribution in [3.05, 3.63) is 6.33 Å². The summed E-state index contributed by atoms with van der Waals surface area (Å²) in [5.41, 5.74) is 7.20. The van der Waals surface area contributed by atoms with Crippen LogP contribution in [-0.4, -0.2) is 60.9 Å². The van der Waals surface area contributed by atoms with Crippen molar-refractivity contribution in [3.8, 4) is 6.01 Å². The number of aromatic nitrogens is 4. The second-order valence-corrected chi connectivity index (χ2v) is 9.18. The maximum absolute atomic E-state index is 6.37. The summed E-state index contributed by atoms with van der Waals surface area (Å²) >= 11 is 2.24. The largest absolute Gasteiger partial charge is 0.460 e. The number of nitrogen functional groups attached to an aromatic ring is 1. The van der Waals surface area contributed by atoms with Gasteiger partial charge in [-0.25, -0.2) is 4.98 Å². The first kappa shape index (κ1) is 20.6. The van der Waals surface area contributed by atoms with Gasteiger partial charge in [-0.1, -0.05) is 22.6 Å². The molecule has 2 aliphatic heterocycles. The maximum Gasteiger partial charge on any atom is 0.320 e. The summed E-state index contributed by atoms with van der Waals surface area (Å²) < 4.78 is 32.9. The Hall–Kier alpha value is -1.28. The average molecular weight is 531 g/mol. The fourth-order valence-electron chi connectivity index (χ4n) is 4.53. The van der Waals surface area contributed by atoms with E-state index in [2.05, 4.69) is 37.5 Å². The van der Waals surface area contributed by atoms with E-state index in [4.69, 9.17) is 29.4 Å². The monoisotopic (exact) mass is 531 g/mol. The quantitative estimate of drug-likeness (QED) is 0.459. The molecule has 30 heavy (non-hydrogen) atoms. The molecule has 3 aliphatic rings. The van der Waals surface area contributed by atoms with Gasteiger partial charge in [0.1, 0.15) is 18.3 Å². The number of ether oxygens (including phenoxy) is 5. The van der Waals surface area contributed by atoms with E-state index in [9.17, 15) is 0 Å². The lowest BCUT2D eigenvalue weighted by Crippen LogP contribution is -2.46. The third-order valence-electron chi connectivity index (χ3n) is 5.97. The Bertz CT molecular complexity index is 943. The maximum atomic E-state index is 6.37. The van der Waals surface area contributed by atoms with E-state index in [0.717, 1.165) is 25.7 Å². The molecule has 2 aromatic rings. The molecule has 0 spiro atoms. The molecule has 4 heterocycles. The predicted molar refractivity (Wildman–Crippen MR) is 115 cm³/mol. The number of fused-ring (bicyclic) bond motifs is 2. The van der Waals surface area contributed by atoms with Crippen LogP contribution in [0.4, 0.5) is 5.82 Å². The van der Waals surface area contributed by atoms with Crippen molar-refractivity contribution in [2.45, 2.75) is 75.6 Å². The zero-order valence-electron chi connectivity index (χ0n) is 17.2. The molecule has 2 N–H and O–H groups in total. The van der Waals surface area contributed by atoms with Crippen molar-refractivity contribution in [2.24, 2.45) is 0 Å². The molecule has 0 radical (unpaired) electrons. The van der Waals surface area contributed by atoms with Crippen LogP contribution in [0.25, 0.3) is 11.2 Å². The molecular formula is C19H26IN5O5. The van der Waals surface area contributed by atoms with Crippen molar-refractivity contribution in [2.75, 3.05) is 17.3 Å². The molecule has 5 rings (SSSR count). The highest BCUT2D eigenvalue weighted by molar-refractivity contribution is 14.1. The molecule has 2 aromatic heterocycles. The van der Waals surface area contributed by atoms with Crippen LogP contribution in [-0.2, 0) is 18.9 Å². The average Bonchev–Trinajstić information content (AvgIpc) is 3.46. The van der Waals surface area contributed by atoms with Crippen LogP contribution in [0, 0.1) is 0 Å². The SMILES string of the molecule is CO[C@]1(CI)O[C@@H](n2cnc3c(N)nc(OC4CCCC4)nc32)[C@H]2OC(C)(C)O[C@@H]21. The topological polar surface area (TPSA) is 116 Å². The number of methoxy groups -OCH3 is 1. The van der Waals surface area contributed by atoms with Crippen LogP contribution in [0.15, 0.2) is 6.33 Å². The van der Waals surface area contributed by atoms with Gasteiger partial charge in [-0.3, -0.25) is 4.57 Å². The summed E-state index contributed by atoms with van der Waals surface area (Å²) in [7, 11) is 1.62. The normalized spacial score (nSPS) is 33.4. The Morgan fingerprint density at radius 3 is 2.70 bits per heavy atom. The van der Waals surface area contributed by atoms with E-state index in [1.54, 1.807) is 13.4 Å². The molecule has 0 aromatic carbocycles. The number of hydrogen-bond donors (Lipinski definition) is 1. The lowest BCUT2D eigenvalue weighted by Gasteiger charge is -2.31. The van der Waals surface area contributed by atoms with Gasteiger partial charge in [-0.2, -0.15) is 9.97 Å². The van der Waals surface area contributed by atoms with E-state index in [1.807, 2.05) is 18.4 Å². The highest BCUT2D eigenvalue weighted by Crippen LogP contribution is 2.49. The first-order valence-corrected chi connectivity index (χ1v) is 11.7. The van der Waals surface area contributed by atoms with E-state index >= 15 is 0 Å². The number of hydrogen-bond acceptors (Lipinski definition) is 9. The molecular weight excluding hydrogens is 505 g/mol. The minimum absolute atomic E-state index is 0.123. The van der Waals surface area contributed by atoms with Gasteiger partial charge in [-0.15, -0.1) is 0 Å². The fraction of sp³-hybridized carbons (Fsp3) is 0.737. The lowest BCUT2D eigenvalue weighted by atomic mass is 10.1. The van der Waals surface area contributed by atoms with Gasteiger partial charge in [0.05, 0.1) is 10.8 Å². The summed E-state index contributed by atoms with van der Waals surface area (Å²) in [5.74, 6) is -1.42. The molecule has 1 aliphatic carbocycles. The molecule has 0 unspecified atom stereocenters. The van der Waals surface area contributed by atoms with E-state index in [-0.39, 0.29) is 17.9 Å². The number of rotatable bonds is 5. The van der Waals surface area contributed by atoms with Gasteiger partial charge in [-0.05, 0) is 39.5 Å². The van der Waals surface area contributed by atoms with Crippen molar-refractivity contribution < 1.29 is 23.7 Å². The lowest BCUT2D eigenvalue weighted by molar-refractivity contribution is -0.281. The van der Waals surface area contributed by atoms with Crippen LogP contribution in [0.5, 0.6) is 6.01 Å². The zero-order chi connectivity index (χ0) is 21.1. The summed E-state index contributed by atoms with van der Waals surface area (Å²) in [5, 5.41) is 0. The van der Waals surface area contributed by atoms with E-state index in [1.165, 1.54) is 0 Å². The molecule has 164 valence electrons. The molecule has 0 bridgehead atoms. The molecule has 0 amide bonds. The van der Waals surface area contributed by atoms with Crippen LogP contribution in [0.3, 0.4) is 0 Å². The van der Waals surface area contributed by atoms with Crippen molar-refractivity contribution in [3.63, 3.8) is 0 Å². The van der Waals surface area contributed by atoms with E-state index < -0.39 is 30.0 Å². The Morgan fingerprint density at radius 2 is 2.00 bits per heavy atom. The number of alkyl halides is 1.